The predicted molar refractivity (Wildman–Crippen MR) is 99.9 cm³/mol. The zero-order chi connectivity index (χ0) is 20.6. The molecule has 0 spiro atoms. The van der Waals surface area contributed by atoms with E-state index in [1.807, 2.05) is 6.20 Å². The maximum absolute atomic E-state index is 12.9. The second kappa shape index (κ2) is 7.40. The number of carbonyl (C=O) groups is 1. The van der Waals surface area contributed by atoms with Crippen LogP contribution in [-0.4, -0.2) is 44.8 Å². The van der Waals surface area contributed by atoms with E-state index < -0.39 is 11.9 Å². The van der Waals surface area contributed by atoms with Gasteiger partial charge >= 0.3 is 6.18 Å². The quantitative estimate of drug-likeness (QED) is 0.662. The molecule has 1 saturated heterocycles. The molecule has 0 aliphatic carbocycles. The molecule has 1 amide bonds. The van der Waals surface area contributed by atoms with E-state index in [4.69, 9.17) is 4.74 Å². The molecule has 0 radical (unpaired) electrons. The van der Waals surface area contributed by atoms with E-state index in [1.54, 1.807) is 40.0 Å². The largest absolute Gasteiger partial charge is 0.431 e. The molecule has 3 heterocycles. The van der Waals surface area contributed by atoms with Crippen molar-refractivity contribution in [3.8, 4) is 0 Å². The normalized spacial score (nSPS) is 19.8. The fourth-order valence-electron chi connectivity index (χ4n) is 3.59. The third-order valence-corrected chi connectivity index (χ3v) is 5.04. The van der Waals surface area contributed by atoms with E-state index in [0.29, 0.717) is 24.0 Å². The second-order valence-corrected chi connectivity index (χ2v) is 6.95. The first-order chi connectivity index (χ1) is 13.8. The highest BCUT2D eigenvalue weighted by atomic mass is 19.4. The first-order valence-corrected chi connectivity index (χ1v) is 9.06. The van der Waals surface area contributed by atoms with Crippen LogP contribution in [-0.2, 0) is 22.3 Å². The van der Waals surface area contributed by atoms with Crippen LogP contribution >= 0.6 is 0 Å². The number of amides is 1. The zero-order valence-corrected chi connectivity index (χ0v) is 15.4. The number of nitrogens with zero attached hydrogens (tertiary/aromatic N) is 3. The minimum Gasteiger partial charge on any atom is -0.369 e. The van der Waals surface area contributed by atoms with Gasteiger partial charge in [0, 0.05) is 36.4 Å². The second-order valence-electron chi connectivity index (χ2n) is 6.95. The van der Waals surface area contributed by atoms with Gasteiger partial charge in [0.2, 0.25) is 5.91 Å². The van der Waals surface area contributed by atoms with Crippen LogP contribution in [0.25, 0.3) is 10.9 Å². The number of fused-ring (bicyclic) bond motifs is 1. The lowest BCUT2D eigenvalue weighted by Crippen LogP contribution is -2.28. The van der Waals surface area contributed by atoms with Crippen molar-refractivity contribution in [3.05, 3.63) is 66.6 Å². The maximum atomic E-state index is 12.9. The van der Waals surface area contributed by atoms with E-state index >= 15 is 0 Å². The molecule has 6 nitrogen and oxygen atoms in total. The van der Waals surface area contributed by atoms with E-state index in [-0.39, 0.29) is 24.7 Å². The van der Waals surface area contributed by atoms with Gasteiger partial charge < -0.3 is 14.6 Å². The Morgan fingerprint density at radius 2 is 2.17 bits per heavy atom. The lowest BCUT2D eigenvalue weighted by Gasteiger charge is -2.19. The average molecular weight is 404 g/mol. The number of nitrogens with one attached hydrogen (secondary N) is 1. The van der Waals surface area contributed by atoms with Gasteiger partial charge in [-0.1, -0.05) is 12.6 Å². The third kappa shape index (κ3) is 3.91. The lowest BCUT2D eigenvalue weighted by molar-refractivity contribution is -0.140. The molecular weight excluding hydrogens is 385 g/mol. The third-order valence-electron chi connectivity index (χ3n) is 5.04. The topological polar surface area (TPSA) is 63.1 Å². The van der Waals surface area contributed by atoms with Gasteiger partial charge in [-0.3, -0.25) is 9.48 Å². The van der Waals surface area contributed by atoms with Crippen molar-refractivity contribution in [2.45, 2.75) is 24.9 Å². The van der Waals surface area contributed by atoms with E-state index in [2.05, 4.69) is 16.7 Å². The van der Waals surface area contributed by atoms with E-state index in [1.165, 1.54) is 6.08 Å². The highest BCUT2D eigenvalue weighted by Crippen LogP contribution is 2.32. The van der Waals surface area contributed by atoms with Crippen molar-refractivity contribution in [2.75, 3.05) is 13.1 Å². The van der Waals surface area contributed by atoms with Gasteiger partial charge in [-0.05, 0) is 35.9 Å². The van der Waals surface area contributed by atoms with Crippen LogP contribution in [0.15, 0.2) is 55.4 Å². The van der Waals surface area contributed by atoms with Crippen molar-refractivity contribution in [1.82, 2.24) is 19.7 Å². The van der Waals surface area contributed by atoms with Gasteiger partial charge in [-0.2, -0.15) is 18.3 Å². The number of rotatable bonds is 5. The van der Waals surface area contributed by atoms with Crippen LogP contribution in [0.3, 0.4) is 0 Å². The van der Waals surface area contributed by atoms with Crippen LogP contribution in [0.5, 0.6) is 0 Å². The van der Waals surface area contributed by atoms with Gasteiger partial charge in [-0.25, -0.2) is 0 Å². The minimum atomic E-state index is -4.42. The molecule has 3 aromatic rings. The molecular formula is C20H19F3N4O2. The molecule has 1 fully saturated rings. The number of likely N-dealkylation sites (tertiary alicyclic amines) is 1. The van der Waals surface area contributed by atoms with Crippen LogP contribution in [0.2, 0.25) is 0 Å². The first kappa shape index (κ1) is 19.3. The standard InChI is InChI=1S/C20H19F3N4O2/c1-2-19(28)26-10-16(27-7-3-6-24-27)17(11-26)29-12-13-4-5-15-14(8-13)9-18(25-15)20(21,22)23/h2-9,16-17,25H,1,10-12H2/t16-,17-/m1/s1. The molecule has 1 aliphatic heterocycles. The molecule has 29 heavy (non-hydrogen) atoms. The first-order valence-electron chi connectivity index (χ1n) is 9.06. The summed E-state index contributed by atoms with van der Waals surface area (Å²) in [6.07, 6.45) is 0.0187. The molecule has 1 aromatic carbocycles. The zero-order valence-electron chi connectivity index (χ0n) is 15.4. The van der Waals surface area contributed by atoms with Crippen LogP contribution < -0.4 is 0 Å². The van der Waals surface area contributed by atoms with Gasteiger partial charge in [0.25, 0.3) is 0 Å². The summed E-state index contributed by atoms with van der Waals surface area (Å²) in [7, 11) is 0. The van der Waals surface area contributed by atoms with Gasteiger partial charge in [0.1, 0.15) is 5.69 Å². The fraction of sp³-hybridized carbons (Fsp3) is 0.300. The molecule has 152 valence electrons. The van der Waals surface area contributed by atoms with Crippen molar-refractivity contribution >= 4 is 16.8 Å². The molecule has 4 rings (SSSR count). The summed E-state index contributed by atoms with van der Waals surface area (Å²) in [5.41, 5.74) is 0.385. The summed E-state index contributed by atoms with van der Waals surface area (Å²) in [5.74, 6) is -0.179. The Morgan fingerprint density at radius 1 is 1.34 bits per heavy atom. The Kier molecular flexibility index (Phi) is 4.91. The Bertz CT molecular complexity index is 1030. The Balaban J connectivity index is 1.50. The summed E-state index contributed by atoms with van der Waals surface area (Å²) in [4.78, 5) is 16.0. The SMILES string of the molecule is C=CC(=O)N1C[C@@H](n2cccn2)[C@H](OCc2ccc3[nH]c(C(F)(F)F)cc3c2)C1. The van der Waals surface area contributed by atoms with Crippen LogP contribution in [0.1, 0.15) is 17.3 Å². The molecule has 0 unspecified atom stereocenters. The molecule has 9 heteroatoms. The summed E-state index contributed by atoms with van der Waals surface area (Å²) in [6.45, 7) is 4.57. The average Bonchev–Trinajstić information content (AvgIpc) is 3.43. The Labute approximate surface area is 164 Å². The molecule has 0 bridgehead atoms. The Morgan fingerprint density at radius 3 is 2.86 bits per heavy atom. The van der Waals surface area contributed by atoms with Crippen LogP contribution in [0, 0.1) is 0 Å². The Hall–Kier alpha value is -3.07. The van der Waals surface area contributed by atoms with Gasteiger partial charge in [0.05, 0.1) is 18.8 Å². The highest BCUT2D eigenvalue weighted by molar-refractivity contribution is 5.87. The van der Waals surface area contributed by atoms with Gasteiger partial charge in [-0.15, -0.1) is 0 Å². The number of halogens is 3. The van der Waals surface area contributed by atoms with Crippen molar-refractivity contribution < 1.29 is 22.7 Å². The van der Waals surface area contributed by atoms with E-state index in [9.17, 15) is 18.0 Å². The number of carbonyl (C=O) groups excluding carboxylic acids is 1. The van der Waals surface area contributed by atoms with Gasteiger partial charge in [0.15, 0.2) is 0 Å². The number of aromatic amines is 1. The van der Waals surface area contributed by atoms with Crippen molar-refractivity contribution in [3.63, 3.8) is 0 Å². The van der Waals surface area contributed by atoms with Crippen molar-refractivity contribution in [2.24, 2.45) is 0 Å². The maximum Gasteiger partial charge on any atom is 0.431 e. The fourth-order valence-corrected chi connectivity index (χ4v) is 3.59. The molecule has 1 aliphatic rings. The number of ether oxygens (including phenoxy) is 1. The smallest absolute Gasteiger partial charge is 0.369 e. The molecule has 2 atom stereocenters. The number of hydrogen-bond donors (Lipinski definition) is 1. The lowest BCUT2D eigenvalue weighted by atomic mass is 10.1. The number of benzene rings is 1. The molecule has 0 saturated carbocycles. The summed E-state index contributed by atoms with van der Waals surface area (Å²) in [6, 6.07) is 7.74. The molecule has 1 N–H and O–H groups in total. The number of H-pyrrole nitrogens is 1. The highest BCUT2D eigenvalue weighted by Gasteiger charge is 2.37. The summed E-state index contributed by atoms with van der Waals surface area (Å²) < 4.78 is 46.5. The summed E-state index contributed by atoms with van der Waals surface area (Å²) in [5, 5.41) is 4.72. The number of alkyl halides is 3. The van der Waals surface area contributed by atoms with E-state index in [0.717, 1.165) is 11.6 Å². The summed E-state index contributed by atoms with van der Waals surface area (Å²) >= 11 is 0. The molecule has 2 aromatic heterocycles. The minimum absolute atomic E-state index is 0.151. The van der Waals surface area contributed by atoms with Crippen molar-refractivity contribution in [1.29, 1.82) is 0 Å². The predicted octanol–water partition coefficient (Wildman–Crippen LogP) is 3.54. The number of aromatic nitrogens is 3. The monoisotopic (exact) mass is 404 g/mol. The number of hydrogen-bond acceptors (Lipinski definition) is 3. The van der Waals surface area contributed by atoms with Crippen LogP contribution in [0.4, 0.5) is 13.2 Å².